The summed E-state index contributed by atoms with van der Waals surface area (Å²) >= 11 is 3.56. The summed E-state index contributed by atoms with van der Waals surface area (Å²) in [7, 11) is 0. The van der Waals surface area contributed by atoms with E-state index in [9.17, 15) is 4.79 Å². The fourth-order valence-electron chi connectivity index (χ4n) is 1.87. The van der Waals surface area contributed by atoms with Crippen LogP contribution in [0.15, 0.2) is 28.7 Å². The Kier molecular flexibility index (Phi) is 6.01. The van der Waals surface area contributed by atoms with Gasteiger partial charge < -0.3 is 11.1 Å². The minimum absolute atomic E-state index is 0.0671. The van der Waals surface area contributed by atoms with E-state index in [0.29, 0.717) is 13.0 Å². The van der Waals surface area contributed by atoms with Gasteiger partial charge in [-0.3, -0.25) is 4.79 Å². The molecule has 0 aromatic heterocycles. The molecule has 0 saturated heterocycles. The second-order valence-electron chi connectivity index (χ2n) is 5.66. The molecule has 1 rings (SSSR count). The number of amides is 1. The Labute approximate surface area is 124 Å². The Morgan fingerprint density at radius 1 is 1.42 bits per heavy atom. The molecule has 19 heavy (non-hydrogen) atoms. The maximum Gasteiger partial charge on any atom is 0.220 e. The third kappa shape index (κ3) is 5.33. The smallest absolute Gasteiger partial charge is 0.220 e. The van der Waals surface area contributed by atoms with E-state index in [-0.39, 0.29) is 17.4 Å². The first-order valence-electron chi connectivity index (χ1n) is 6.60. The molecule has 1 aromatic rings. The number of nitrogens with one attached hydrogen (secondary N) is 1. The standard InChI is InChI=1S/C15H23BrN2O/c1-11(17)8-9-14(19)18-10-15(2,3)12-6-4-5-7-13(12)16/h4-7,11H,8-10,17H2,1-3H3,(H,18,19). The Bertz CT molecular complexity index is 430. The van der Waals surface area contributed by atoms with Gasteiger partial charge in [-0.15, -0.1) is 0 Å². The molecule has 0 bridgehead atoms. The normalized spacial score (nSPS) is 13.1. The number of hydrogen-bond acceptors (Lipinski definition) is 2. The van der Waals surface area contributed by atoms with Crippen molar-refractivity contribution in [2.45, 2.75) is 45.1 Å². The van der Waals surface area contributed by atoms with E-state index in [4.69, 9.17) is 5.73 Å². The van der Waals surface area contributed by atoms with Crippen molar-refractivity contribution in [1.82, 2.24) is 5.32 Å². The molecule has 0 fully saturated rings. The van der Waals surface area contributed by atoms with Crippen LogP contribution in [0.3, 0.4) is 0 Å². The van der Waals surface area contributed by atoms with E-state index >= 15 is 0 Å². The van der Waals surface area contributed by atoms with Crippen molar-refractivity contribution in [2.75, 3.05) is 6.54 Å². The lowest BCUT2D eigenvalue weighted by molar-refractivity contribution is -0.121. The first-order chi connectivity index (χ1) is 8.83. The highest BCUT2D eigenvalue weighted by atomic mass is 79.9. The van der Waals surface area contributed by atoms with E-state index in [1.807, 2.05) is 25.1 Å². The quantitative estimate of drug-likeness (QED) is 0.844. The molecule has 0 saturated carbocycles. The largest absolute Gasteiger partial charge is 0.355 e. The average molecular weight is 327 g/mol. The Morgan fingerprint density at radius 3 is 2.63 bits per heavy atom. The van der Waals surface area contributed by atoms with Crippen LogP contribution in [0.2, 0.25) is 0 Å². The second kappa shape index (κ2) is 7.06. The first kappa shape index (κ1) is 16.2. The van der Waals surface area contributed by atoms with E-state index in [2.05, 4.69) is 41.2 Å². The molecule has 0 aliphatic heterocycles. The molecule has 1 unspecified atom stereocenters. The van der Waals surface area contributed by atoms with Crippen LogP contribution in [0.1, 0.15) is 39.2 Å². The molecule has 0 heterocycles. The third-order valence-electron chi connectivity index (χ3n) is 3.16. The molecule has 106 valence electrons. The molecule has 0 spiro atoms. The van der Waals surface area contributed by atoms with Crippen molar-refractivity contribution >= 4 is 21.8 Å². The minimum atomic E-state index is -0.107. The van der Waals surface area contributed by atoms with Gasteiger partial charge in [0.1, 0.15) is 0 Å². The Hall–Kier alpha value is -0.870. The third-order valence-corrected chi connectivity index (χ3v) is 3.85. The van der Waals surface area contributed by atoms with Crippen LogP contribution in [-0.2, 0) is 10.2 Å². The predicted octanol–water partition coefficient (Wildman–Crippen LogP) is 2.97. The zero-order valence-corrected chi connectivity index (χ0v) is 13.5. The number of halogens is 1. The SMILES string of the molecule is CC(N)CCC(=O)NCC(C)(C)c1ccccc1Br. The number of hydrogen-bond donors (Lipinski definition) is 2. The lowest BCUT2D eigenvalue weighted by Crippen LogP contribution is -2.37. The van der Waals surface area contributed by atoms with E-state index in [1.165, 1.54) is 5.56 Å². The van der Waals surface area contributed by atoms with Crippen LogP contribution in [0.4, 0.5) is 0 Å². The molecule has 1 atom stereocenters. The zero-order chi connectivity index (χ0) is 14.5. The first-order valence-corrected chi connectivity index (χ1v) is 7.39. The Balaban J connectivity index is 2.56. The summed E-state index contributed by atoms with van der Waals surface area (Å²) < 4.78 is 1.07. The van der Waals surface area contributed by atoms with Gasteiger partial charge in [0.05, 0.1) is 0 Å². The highest BCUT2D eigenvalue weighted by Crippen LogP contribution is 2.29. The molecule has 1 aromatic carbocycles. The monoisotopic (exact) mass is 326 g/mol. The van der Waals surface area contributed by atoms with Crippen molar-refractivity contribution in [3.8, 4) is 0 Å². The molecule has 0 radical (unpaired) electrons. The van der Waals surface area contributed by atoms with Crippen molar-refractivity contribution in [3.05, 3.63) is 34.3 Å². The highest BCUT2D eigenvalue weighted by Gasteiger charge is 2.23. The predicted molar refractivity (Wildman–Crippen MR) is 83.1 cm³/mol. The number of carbonyl (C=O) groups is 1. The fraction of sp³-hybridized carbons (Fsp3) is 0.533. The molecule has 0 aliphatic rings. The van der Waals surface area contributed by atoms with Crippen LogP contribution in [0.5, 0.6) is 0 Å². The van der Waals surface area contributed by atoms with Gasteiger partial charge in [0, 0.05) is 28.9 Å². The lowest BCUT2D eigenvalue weighted by Gasteiger charge is -2.27. The number of rotatable bonds is 6. The molecular weight excluding hydrogens is 304 g/mol. The fourth-order valence-corrected chi connectivity index (χ4v) is 2.69. The van der Waals surface area contributed by atoms with Gasteiger partial charge in [0.2, 0.25) is 5.91 Å². The molecule has 3 nitrogen and oxygen atoms in total. The highest BCUT2D eigenvalue weighted by molar-refractivity contribution is 9.10. The molecule has 3 N–H and O–H groups in total. The van der Waals surface area contributed by atoms with Crippen LogP contribution < -0.4 is 11.1 Å². The summed E-state index contributed by atoms with van der Waals surface area (Å²) in [5, 5.41) is 2.99. The van der Waals surface area contributed by atoms with Crippen LogP contribution in [-0.4, -0.2) is 18.5 Å². The topological polar surface area (TPSA) is 55.1 Å². The van der Waals surface area contributed by atoms with E-state index in [1.54, 1.807) is 0 Å². The molecule has 1 amide bonds. The summed E-state index contributed by atoms with van der Waals surface area (Å²) in [5.74, 6) is 0.0671. The number of benzene rings is 1. The zero-order valence-electron chi connectivity index (χ0n) is 11.9. The van der Waals surface area contributed by atoms with Crippen molar-refractivity contribution < 1.29 is 4.79 Å². The van der Waals surface area contributed by atoms with E-state index < -0.39 is 0 Å². The van der Waals surface area contributed by atoms with Gasteiger partial charge in [-0.05, 0) is 25.0 Å². The van der Waals surface area contributed by atoms with Gasteiger partial charge in [-0.2, -0.15) is 0 Å². The molecule has 0 aliphatic carbocycles. The summed E-state index contributed by atoms with van der Waals surface area (Å²) in [6.07, 6.45) is 1.21. The summed E-state index contributed by atoms with van der Waals surface area (Å²) in [6.45, 7) is 6.78. The summed E-state index contributed by atoms with van der Waals surface area (Å²) in [5.41, 5.74) is 6.74. The second-order valence-corrected chi connectivity index (χ2v) is 6.51. The summed E-state index contributed by atoms with van der Waals surface area (Å²) in [4.78, 5) is 11.7. The molecular formula is C15H23BrN2O. The van der Waals surface area contributed by atoms with Crippen LogP contribution in [0.25, 0.3) is 0 Å². The maximum absolute atomic E-state index is 11.7. The van der Waals surface area contributed by atoms with E-state index in [0.717, 1.165) is 10.9 Å². The van der Waals surface area contributed by atoms with Gasteiger partial charge in [0.25, 0.3) is 0 Å². The summed E-state index contributed by atoms with van der Waals surface area (Å²) in [6, 6.07) is 8.18. The van der Waals surface area contributed by atoms with Gasteiger partial charge in [-0.25, -0.2) is 0 Å². The van der Waals surface area contributed by atoms with Crippen LogP contribution in [0, 0.1) is 0 Å². The van der Waals surface area contributed by atoms with Crippen molar-refractivity contribution in [2.24, 2.45) is 5.73 Å². The van der Waals surface area contributed by atoms with Crippen molar-refractivity contribution in [1.29, 1.82) is 0 Å². The van der Waals surface area contributed by atoms with Crippen molar-refractivity contribution in [3.63, 3.8) is 0 Å². The number of nitrogens with two attached hydrogens (primary N) is 1. The number of carbonyl (C=O) groups excluding carboxylic acids is 1. The van der Waals surface area contributed by atoms with Gasteiger partial charge in [0.15, 0.2) is 0 Å². The van der Waals surface area contributed by atoms with Crippen LogP contribution >= 0.6 is 15.9 Å². The minimum Gasteiger partial charge on any atom is -0.355 e. The average Bonchev–Trinajstić information content (AvgIpc) is 2.34. The van der Waals surface area contributed by atoms with Gasteiger partial charge >= 0.3 is 0 Å². The van der Waals surface area contributed by atoms with Gasteiger partial charge in [-0.1, -0.05) is 48.0 Å². The molecule has 4 heteroatoms. The lowest BCUT2D eigenvalue weighted by atomic mass is 9.84. The Morgan fingerprint density at radius 2 is 2.05 bits per heavy atom. The maximum atomic E-state index is 11.7.